The van der Waals surface area contributed by atoms with E-state index in [4.69, 9.17) is 13.9 Å². The zero-order chi connectivity index (χ0) is 17.5. The molecule has 1 aliphatic heterocycles. The molecule has 1 saturated heterocycles. The van der Waals surface area contributed by atoms with E-state index in [1.54, 1.807) is 13.2 Å². The van der Waals surface area contributed by atoms with Gasteiger partial charge in [0.15, 0.2) is 8.32 Å². The van der Waals surface area contributed by atoms with Crippen molar-refractivity contribution < 1.29 is 18.7 Å². The first-order chi connectivity index (χ1) is 10.6. The molecule has 1 aliphatic carbocycles. The van der Waals surface area contributed by atoms with E-state index < -0.39 is 20.0 Å². The Labute approximate surface area is 141 Å². The van der Waals surface area contributed by atoms with Gasteiger partial charge in [-0.1, -0.05) is 39.0 Å². The molecular formula is C18H30O4Si. The molecule has 0 radical (unpaired) electrons. The van der Waals surface area contributed by atoms with Crippen molar-refractivity contribution >= 4 is 14.3 Å². The molecular weight excluding hydrogens is 308 g/mol. The standard InChI is InChI=1S/C18H30O4Si/c1-8-12-18-13(15(20-5)21-16(18)19)10-9-11-14(18)22-23(6,7)17(2,3)4/h8-9,11,13-15H,1,10,12H2,2-7H3/t13-,14-,15+,18+/m1/s1. The molecule has 0 aromatic heterocycles. The van der Waals surface area contributed by atoms with Gasteiger partial charge in [-0.25, -0.2) is 0 Å². The molecule has 2 rings (SSSR count). The Kier molecular flexibility index (Phi) is 4.96. The largest absolute Gasteiger partial charge is 0.435 e. The first-order valence-electron chi connectivity index (χ1n) is 8.29. The second-order valence-electron chi connectivity index (χ2n) is 8.11. The number of fused-ring (bicyclic) bond motifs is 1. The third-order valence-electron chi connectivity index (χ3n) is 5.74. The lowest BCUT2D eigenvalue weighted by molar-refractivity contribution is -0.164. The molecule has 4 atom stereocenters. The molecule has 0 unspecified atom stereocenters. The van der Waals surface area contributed by atoms with Gasteiger partial charge in [0.05, 0.1) is 6.10 Å². The van der Waals surface area contributed by atoms with Crippen molar-refractivity contribution in [3.63, 3.8) is 0 Å². The van der Waals surface area contributed by atoms with Crippen LogP contribution in [0.1, 0.15) is 33.6 Å². The van der Waals surface area contributed by atoms with Crippen LogP contribution in [-0.2, 0) is 18.7 Å². The molecule has 130 valence electrons. The smallest absolute Gasteiger partial charge is 0.318 e. The van der Waals surface area contributed by atoms with Gasteiger partial charge in [-0.2, -0.15) is 0 Å². The van der Waals surface area contributed by atoms with Crippen LogP contribution in [0.25, 0.3) is 0 Å². The van der Waals surface area contributed by atoms with Crippen LogP contribution in [-0.4, -0.2) is 33.8 Å². The van der Waals surface area contributed by atoms with Gasteiger partial charge < -0.3 is 13.9 Å². The Morgan fingerprint density at radius 2 is 2.13 bits per heavy atom. The SMILES string of the molecule is C=CC[C@]12C(=O)O[C@H](OC)[C@H]1CC=C[C@H]2O[Si](C)(C)C(C)(C)C. The summed E-state index contributed by atoms with van der Waals surface area (Å²) in [5, 5.41) is 0.0757. The summed E-state index contributed by atoms with van der Waals surface area (Å²) in [5.41, 5.74) is -0.716. The summed E-state index contributed by atoms with van der Waals surface area (Å²) >= 11 is 0. The van der Waals surface area contributed by atoms with Crippen LogP contribution in [0.15, 0.2) is 24.8 Å². The molecule has 0 aromatic carbocycles. The molecule has 0 amide bonds. The van der Waals surface area contributed by atoms with Gasteiger partial charge in [-0.05, 0) is 31.0 Å². The van der Waals surface area contributed by atoms with Crippen LogP contribution in [0, 0.1) is 11.3 Å². The van der Waals surface area contributed by atoms with E-state index in [1.807, 2.05) is 6.08 Å². The third kappa shape index (κ3) is 2.94. The van der Waals surface area contributed by atoms with Crippen LogP contribution < -0.4 is 0 Å². The van der Waals surface area contributed by atoms with Crippen molar-refractivity contribution in [3.05, 3.63) is 24.8 Å². The maximum atomic E-state index is 12.8. The number of cyclic esters (lactones) is 1. The molecule has 1 fully saturated rings. The van der Waals surface area contributed by atoms with Gasteiger partial charge in [0.1, 0.15) is 5.41 Å². The lowest BCUT2D eigenvalue weighted by atomic mass is 9.66. The maximum absolute atomic E-state index is 12.8. The van der Waals surface area contributed by atoms with Gasteiger partial charge >= 0.3 is 5.97 Å². The highest BCUT2D eigenvalue weighted by molar-refractivity contribution is 6.74. The lowest BCUT2D eigenvalue weighted by Crippen LogP contribution is -2.53. The number of rotatable bonds is 5. The molecule has 5 heteroatoms. The Balaban J connectivity index is 2.42. The van der Waals surface area contributed by atoms with Gasteiger partial charge in [0.25, 0.3) is 0 Å². The highest BCUT2D eigenvalue weighted by Gasteiger charge is 2.62. The molecule has 0 bridgehead atoms. The third-order valence-corrected chi connectivity index (χ3v) is 10.2. The Morgan fingerprint density at radius 1 is 1.48 bits per heavy atom. The van der Waals surface area contributed by atoms with Crippen molar-refractivity contribution in [1.82, 2.24) is 0 Å². The minimum atomic E-state index is -2.02. The second kappa shape index (κ2) is 6.19. The maximum Gasteiger partial charge on any atom is 0.318 e. The summed E-state index contributed by atoms with van der Waals surface area (Å²) in [6.07, 6.45) is 6.45. The van der Waals surface area contributed by atoms with E-state index >= 15 is 0 Å². The number of hydrogen-bond acceptors (Lipinski definition) is 4. The first-order valence-corrected chi connectivity index (χ1v) is 11.2. The van der Waals surface area contributed by atoms with E-state index in [2.05, 4.69) is 46.5 Å². The molecule has 0 aromatic rings. The summed E-state index contributed by atoms with van der Waals surface area (Å²) < 4.78 is 17.6. The molecule has 0 saturated carbocycles. The highest BCUT2D eigenvalue weighted by atomic mass is 28.4. The van der Waals surface area contributed by atoms with Gasteiger partial charge in [0.2, 0.25) is 6.29 Å². The summed E-state index contributed by atoms with van der Waals surface area (Å²) in [6.45, 7) is 14.9. The van der Waals surface area contributed by atoms with E-state index in [0.717, 1.165) is 6.42 Å². The number of carbonyl (C=O) groups excluding carboxylic acids is 1. The Morgan fingerprint density at radius 3 is 2.65 bits per heavy atom. The van der Waals surface area contributed by atoms with E-state index in [0.29, 0.717) is 6.42 Å². The Hall–Kier alpha value is -0.913. The van der Waals surface area contributed by atoms with Crippen LogP contribution >= 0.6 is 0 Å². The van der Waals surface area contributed by atoms with Crippen molar-refractivity contribution in [1.29, 1.82) is 0 Å². The van der Waals surface area contributed by atoms with Crippen LogP contribution in [0.3, 0.4) is 0 Å². The van der Waals surface area contributed by atoms with Crippen LogP contribution in [0.2, 0.25) is 18.1 Å². The molecule has 2 aliphatic rings. The monoisotopic (exact) mass is 338 g/mol. The zero-order valence-electron chi connectivity index (χ0n) is 15.2. The predicted molar refractivity (Wildman–Crippen MR) is 93.5 cm³/mol. The van der Waals surface area contributed by atoms with E-state index in [9.17, 15) is 4.79 Å². The molecule has 0 spiro atoms. The fourth-order valence-corrected chi connectivity index (χ4v) is 4.58. The summed E-state index contributed by atoms with van der Waals surface area (Å²) in [6, 6.07) is 0. The number of hydrogen-bond donors (Lipinski definition) is 0. The van der Waals surface area contributed by atoms with Gasteiger partial charge in [-0.3, -0.25) is 4.79 Å². The van der Waals surface area contributed by atoms with Crippen LogP contribution in [0.5, 0.6) is 0 Å². The van der Waals surface area contributed by atoms with E-state index in [1.165, 1.54) is 0 Å². The lowest BCUT2D eigenvalue weighted by Gasteiger charge is -2.46. The summed E-state index contributed by atoms with van der Waals surface area (Å²) in [7, 11) is -0.437. The minimum absolute atomic E-state index is 0.0298. The van der Waals surface area contributed by atoms with Crippen molar-refractivity contribution in [3.8, 4) is 0 Å². The number of esters is 1. The fraction of sp³-hybridized carbons (Fsp3) is 0.722. The average molecular weight is 339 g/mol. The fourth-order valence-electron chi connectivity index (χ4n) is 3.30. The van der Waals surface area contributed by atoms with Crippen LogP contribution in [0.4, 0.5) is 0 Å². The molecule has 0 N–H and O–H groups in total. The topological polar surface area (TPSA) is 44.8 Å². The average Bonchev–Trinajstić information content (AvgIpc) is 2.72. The predicted octanol–water partition coefficient (Wildman–Crippen LogP) is 4.04. The van der Waals surface area contributed by atoms with Gasteiger partial charge in [0, 0.05) is 13.0 Å². The molecule has 1 heterocycles. The van der Waals surface area contributed by atoms with Crippen molar-refractivity contribution in [2.45, 2.75) is 64.1 Å². The minimum Gasteiger partial charge on any atom is -0.435 e. The van der Waals surface area contributed by atoms with Crippen molar-refractivity contribution in [2.24, 2.45) is 11.3 Å². The first kappa shape index (κ1) is 18.4. The van der Waals surface area contributed by atoms with Gasteiger partial charge in [-0.15, -0.1) is 6.58 Å². The molecule has 4 nitrogen and oxygen atoms in total. The second-order valence-corrected chi connectivity index (χ2v) is 12.9. The zero-order valence-corrected chi connectivity index (χ0v) is 16.2. The summed E-state index contributed by atoms with van der Waals surface area (Å²) in [4.78, 5) is 12.8. The number of carbonyl (C=O) groups is 1. The molecule has 23 heavy (non-hydrogen) atoms. The summed E-state index contributed by atoms with van der Waals surface area (Å²) in [5.74, 6) is -0.250. The normalized spacial score (nSPS) is 34.2. The number of ether oxygens (including phenoxy) is 2. The van der Waals surface area contributed by atoms with E-state index in [-0.39, 0.29) is 23.0 Å². The quantitative estimate of drug-likeness (QED) is 0.431. The Bertz CT molecular complexity index is 506. The van der Waals surface area contributed by atoms with Crippen molar-refractivity contribution in [2.75, 3.05) is 7.11 Å². The number of methoxy groups -OCH3 is 1. The number of allylic oxidation sites excluding steroid dienone is 2. The highest BCUT2D eigenvalue weighted by Crippen LogP contribution is 2.53.